The first-order valence-corrected chi connectivity index (χ1v) is 4.34. The molecule has 1 aliphatic carbocycles. The van der Waals surface area contributed by atoms with Crippen molar-refractivity contribution in [1.82, 2.24) is 0 Å². The van der Waals surface area contributed by atoms with Crippen molar-refractivity contribution < 1.29 is 9.53 Å². The molecule has 0 amide bonds. The fourth-order valence-electron chi connectivity index (χ4n) is 1.80. The summed E-state index contributed by atoms with van der Waals surface area (Å²) in [5.74, 6) is 0.263. The molecule has 0 aromatic rings. The smallest absolute Gasteiger partial charge is 0.310 e. The van der Waals surface area contributed by atoms with Crippen LogP contribution in [0.25, 0.3) is 0 Å². The Kier molecular flexibility index (Phi) is 2.27. The van der Waals surface area contributed by atoms with Crippen molar-refractivity contribution in [3.05, 3.63) is 12.7 Å². The SMILES string of the molecule is C=CC1C(C(=O)OCC)C1(C)C. The zero-order valence-electron chi connectivity index (χ0n) is 7.96. The third kappa shape index (κ3) is 1.26. The molecule has 0 aromatic carbocycles. The minimum Gasteiger partial charge on any atom is -0.466 e. The molecule has 1 aliphatic rings. The van der Waals surface area contributed by atoms with Crippen molar-refractivity contribution in [3.63, 3.8) is 0 Å². The lowest BCUT2D eigenvalue weighted by Crippen LogP contribution is -2.10. The van der Waals surface area contributed by atoms with Crippen LogP contribution in [0.5, 0.6) is 0 Å². The first-order valence-electron chi connectivity index (χ1n) is 4.34. The second kappa shape index (κ2) is 2.92. The number of carbonyl (C=O) groups is 1. The molecule has 2 unspecified atom stereocenters. The van der Waals surface area contributed by atoms with Gasteiger partial charge in [0.15, 0.2) is 0 Å². The number of hydrogen-bond donors (Lipinski definition) is 0. The Balaban J connectivity index is 2.57. The van der Waals surface area contributed by atoms with Gasteiger partial charge in [-0.2, -0.15) is 0 Å². The maximum Gasteiger partial charge on any atom is 0.310 e. The quantitative estimate of drug-likeness (QED) is 0.476. The van der Waals surface area contributed by atoms with Gasteiger partial charge < -0.3 is 4.74 Å². The van der Waals surface area contributed by atoms with Crippen molar-refractivity contribution >= 4 is 5.97 Å². The normalized spacial score (nSPS) is 30.9. The molecule has 12 heavy (non-hydrogen) atoms. The van der Waals surface area contributed by atoms with Crippen LogP contribution >= 0.6 is 0 Å². The third-order valence-electron chi connectivity index (χ3n) is 2.71. The molecule has 0 radical (unpaired) electrons. The van der Waals surface area contributed by atoms with Crippen molar-refractivity contribution in [1.29, 1.82) is 0 Å². The van der Waals surface area contributed by atoms with E-state index in [1.807, 2.05) is 13.0 Å². The zero-order chi connectivity index (χ0) is 9.35. The standard InChI is InChI=1S/C10H16O2/c1-5-7-8(10(7,3)4)9(11)12-6-2/h5,7-8H,1,6H2,2-4H3. The lowest BCUT2D eigenvalue weighted by Gasteiger charge is -2.01. The number of allylic oxidation sites excluding steroid dienone is 1. The summed E-state index contributed by atoms with van der Waals surface area (Å²) >= 11 is 0. The molecule has 1 rings (SSSR count). The van der Waals surface area contributed by atoms with Gasteiger partial charge in [0.25, 0.3) is 0 Å². The molecule has 0 saturated heterocycles. The molecule has 2 heteroatoms. The Hall–Kier alpha value is -0.790. The summed E-state index contributed by atoms with van der Waals surface area (Å²) in [7, 11) is 0. The number of hydrogen-bond acceptors (Lipinski definition) is 2. The number of esters is 1. The van der Waals surface area contributed by atoms with Crippen molar-refractivity contribution in [2.75, 3.05) is 6.61 Å². The molecule has 0 aromatic heterocycles. The Labute approximate surface area is 73.6 Å². The van der Waals surface area contributed by atoms with Crippen LogP contribution in [-0.2, 0) is 9.53 Å². The fourth-order valence-corrected chi connectivity index (χ4v) is 1.80. The molecule has 0 aliphatic heterocycles. The van der Waals surface area contributed by atoms with Crippen molar-refractivity contribution in [2.45, 2.75) is 20.8 Å². The predicted molar refractivity (Wildman–Crippen MR) is 47.6 cm³/mol. The maximum absolute atomic E-state index is 11.3. The summed E-state index contributed by atoms with van der Waals surface area (Å²) in [6.07, 6.45) is 1.85. The second-order valence-corrected chi connectivity index (χ2v) is 3.81. The van der Waals surface area contributed by atoms with Gasteiger partial charge in [-0.25, -0.2) is 0 Å². The van der Waals surface area contributed by atoms with Gasteiger partial charge >= 0.3 is 5.97 Å². The van der Waals surface area contributed by atoms with Gasteiger partial charge in [-0.3, -0.25) is 4.79 Å². The van der Waals surface area contributed by atoms with Gasteiger partial charge in [-0.15, -0.1) is 6.58 Å². The summed E-state index contributed by atoms with van der Waals surface area (Å²) < 4.78 is 4.95. The molecule has 2 atom stereocenters. The number of ether oxygens (including phenoxy) is 1. The summed E-state index contributed by atoms with van der Waals surface area (Å²) in [5, 5.41) is 0. The van der Waals surface area contributed by atoms with Gasteiger partial charge in [0.2, 0.25) is 0 Å². The van der Waals surface area contributed by atoms with Gasteiger partial charge in [0.05, 0.1) is 12.5 Å². The van der Waals surface area contributed by atoms with E-state index >= 15 is 0 Å². The van der Waals surface area contributed by atoms with E-state index in [1.165, 1.54) is 0 Å². The minimum absolute atomic E-state index is 0.0370. The van der Waals surface area contributed by atoms with E-state index in [0.29, 0.717) is 12.5 Å². The van der Waals surface area contributed by atoms with Gasteiger partial charge in [0.1, 0.15) is 0 Å². The summed E-state index contributed by atoms with van der Waals surface area (Å²) in [5.41, 5.74) is 0.0635. The van der Waals surface area contributed by atoms with Crippen molar-refractivity contribution in [2.24, 2.45) is 17.3 Å². The Bertz CT molecular complexity index is 206. The molecular formula is C10H16O2. The van der Waals surface area contributed by atoms with Crippen LogP contribution in [0, 0.1) is 17.3 Å². The molecule has 1 fully saturated rings. The average Bonchev–Trinajstić information content (AvgIpc) is 2.53. The van der Waals surface area contributed by atoms with E-state index in [-0.39, 0.29) is 17.3 Å². The van der Waals surface area contributed by atoms with Crippen LogP contribution in [0.3, 0.4) is 0 Å². The van der Waals surface area contributed by atoms with E-state index in [0.717, 1.165) is 0 Å². The molecular weight excluding hydrogens is 152 g/mol. The van der Waals surface area contributed by atoms with E-state index in [4.69, 9.17) is 4.74 Å². The molecule has 0 spiro atoms. The van der Waals surface area contributed by atoms with Gasteiger partial charge in [0, 0.05) is 0 Å². The lowest BCUT2D eigenvalue weighted by molar-refractivity contribution is -0.145. The fraction of sp³-hybridized carbons (Fsp3) is 0.700. The summed E-state index contributed by atoms with van der Waals surface area (Å²) in [4.78, 5) is 11.3. The predicted octanol–water partition coefficient (Wildman–Crippen LogP) is 2.01. The van der Waals surface area contributed by atoms with Crippen LogP contribution < -0.4 is 0 Å². The first-order chi connectivity index (χ1) is 5.55. The molecule has 2 nitrogen and oxygen atoms in total. The van der Waals surface area contributed by atoms with Gasteiger partial charge in [-0.05, 0) is 18.3 Å². The molecule has 0 heterocycles. The minimum atomic E-state index is -0.0765. The highest BCUT2D eigenvalue weighted by Crippen LogP contribution is 2.59. The average molecular weight is 168 g/mol. The number of carbonyl (C=O) groups excluding carboxylic acids is 1. The van der Waals surface area contributed by atoms with E-state index in [9.17, 15) is 4.79 Å². The third-order valence-corrected chi connectivity index (χ3v) is 2.71. The highest BCUT2D eigenvalue weighted by Gasteiger charge is 2.60. The molecule has 0 N–H and O–H groups in total. The first kappa shape index (κ1) is 9.30. The Morgan fingerprint density at radius 2 is 2.25 bits per heavy atom. The number of rotatable bonds is 3. The molecule has 1 saturated carbocycles. The van der Waals surface area contributed by atoms with E-state index in [2.05, 4.69) is 20.4 Å². The van der Waals surface area contributed by atoms with Crippen LogP contribution in [0.15, 0.2) is 12.7 Å². The van der Waals surface area contributed by atoms with Crippen LogP contribution in [-0.4, -0.2) is 12.6 Å². The monoisotopic (exact) mass is 168 g/mol. The Morgan fingerprint density at radius 3 is 2.58 bits per heavy atom. The van der Waals surface area contributed by atoms with Gasteiger partial charge in [-0.1, -0.05) is 19.9 Å². The Morgan fingerprint density at radius 1 is 1.67 bits per heavy atom. The van der Waals surface area contributed by atoms with E-state index in [1.54, 1.807) is 0 Å². The second-order valence-electron chi connectivity index (χ2n) is 3.81. The van der Waals surface area contributed by atoms with Crippen molar-refractivity contribution in [3.8, 4) is 0 Å². The molecule has 68 valence electrons. The van der Waals surface area contributed by atoms with Crippen LogP contribution in [0.2, 0.25) is 0 Å². The topological polar surface area (TPSA) is 26.3 Å². The highest BCUT2D eigenvalue weighted by atomic mass is 16.5. The van der Waals surface area contributed by atoms with Crippen LogP contribution in [0.4, 0.5) is 0 Å². The summed E-state index contributed by atoms with van der Waals surface area (Å²) in [6.45, 7) is 10.1. The van der Waals surface area contributed by atoms with Crippen LogP contribution in [0.1, 0.15) is 20.8 Å². The molecule has 0 bridgehead atoms. The maximum atomic E-state index is 11.3. The summed E-state index contributed by atoms with van der Waals surface area (Å²) in [6, 6.07) is 0. The van der Waals surface area contributed by atoms with E-state index < -0.39 is 0 Å². The highest BCUT2D eigenvalue weighted by molar-refractivity contribution is 5.78. The lowest BCUT2D eigenvalue weighted by atomic mass is 10.1. The largest absolute Gasteiger partial charge is 0.466 e. The zero-order valence-corrected chi connectivity index (χ0v) is 7.96.